The van der Waals surface area contributed by atoms with Gasteiger partial charge in [0.25, 0.3) is 0 Å². The van der Waals surface area contributed by atoms with Crippen molar-refractivity contribution in [3.63, 3.8) is 0 Å². The van der Waals surface area contributed by atoms with Crippen LogP contribution in [0.15, 0.2) is 65.8 Å². The minimum Gasteiger partial charge on any atom is -0.459 e. The number of hydrogen-bond acceptors (Lipinski definition) is 7. The third-order valence-corrected chi connectivity index (χ3v) is 3.64. The van der Waals surface area contributed by atoms with Gasteiger partial charge in [0, 0.05) is 0 Å². The number of oxime groups is 1. The molecule has 8 heteroatoms. The first-order chi connectivity index (χ1) is 13.5. The van der Waals surface area contributed by atoms with E-state index < -0.39 is 36.9 Å². The largest absolute Gasteiger partial charge is 0.459 e. The van der Waals surface area contributed by atoms with Crippen LogP contribution < -0.4 is 0 Å². The Labute approximate surface area is 161 Å². The predicted octanol–water partition coefficient (Wildman–Crippen LogP) is 2.40. The average Bonchev–Trinajstić information content (AvgIpc) is 2.75. The van der Waals surface area contributed by atoms with Gasteiger partial charge in [-0.15, -0.1) is 0 Å². The fourth-order valence-electron chi connectivity index (χ4n) is 2.19. The van der Waals surface area contributed by atoms with Crippen LogP contribution in [-0.4, -0.2) is 55.4 Å². The van der Waals surface area contributed by atoms with E-state index in [1.165, 1.54) is 31.4 Å². The van der Waals surface area contributed by atoms with Crippen LogP contribution >= 0.6 is 0 Å². The summed E-state index contributed by atoms with van der Waals surface area (Å²) in [6, 6.07) is 16.0. The molecule has 0 aliphatic carbocycles. The third-order valence-electron chi connectivity index (χ3n) is 3.64. The normalized spacial score (nSPS) is 14.1. The Hall–Kier alpha value is -3.26. The lowest BCUT2D eigenvalue weighted by atomic mass is 10.1. The van der Waals surface area contributed by atoms with E-state index >= 15 is 0 Å². The summed E-state index contributed by atoms with van der Waals surface area (Å²) in [5, 5.41) is 13.4. The van der Waals surface area contributed by atoms with Crippen molar-refractivity contribution in [1.29, 1.82) is 0 Å². The van der Waals surface area contributed by atoms with Crippen molar-refractivity contribution >= 4 is 18.2 Å². The average molecular weight is 389 g/mol. The smallest absolute Gasteiger partial charge is 0.338 e. The second-order valence-corrected chi connectivity index (χ2v) is 5.65. The van der Waals surface area contributed by atoms with E-state index in [2.05, 4.69) is 9.99 Å². The lowest BCUT2D eigenvalue weighted by Gasteiger charge is -2.22. The molecule has 148 valence electrons. The van der Waals surface area contributed by atoms with Crippen molar-refractivity contribution in [3.05, 3.63) is 71.8 Å². The van der Waals surface area contributed by atoms with Crippen molar-refractivity contribution in [3.8, 4) is 0 Å². The molecule has 1 N–H and O–H groups in total. The lowest BCUT2D eigenvalue weighted by Crippen LogP contribution is -2.41. The molecule has 0 aliphatic rings. The summed E-state index contributed by atoms with van der Waals surface area (Å²) in [5.74, 6) is -1.51. The molecule has 2 rings (SSSR count). The molecule has 0 aromatic heterocycles. The molecule has 0 heterocycles. The van der Waals surface area contributed by atoms with E-state index in [-0.39, 0.29) is 11.1 Å². The molecule has 0 spiro atoms. The number of alkyl halides is 1. The topological polar surface area (TPSA) is 94.4 Å². The number of rotatable bonds is 9. The molecule has 0 bridgehead atoms. The van der Waals surface area contributed by atoms with Gasteiger partial charge in [0.1, 0.15) is 19.8 Å². The predicted molar refractivity (Wildman–Crippen MR) is 98.8 cm³/mol. The fourth-order valence-corrected chi connectivity index (χ4v) is 2.19. The minimum atomic E-state index is -2.10. The number of aliphatic hydroxyl groups excluding tert-OH is 1. The molecular formula is C20H20FNO6. The summed E-state index contributed by atoms with van der Waals surface area (Å²) in [4.78, 5) is 28.5. The molecule has 0 radical (unpaired) electrons. The summed E-state index contributed by atoms with van der Waals surface area (Å²) < 4.78 is 24.6. The second-order valence-electron chi connectivity index (χ2n) is 5.65. The van der Waals surface area contributed by atoms with Crippen LogP contribution in [0, 0.1) is 0 Å². The molecule has 3 atom stereocenters. The van der Waals surface area contributed by atoms with Crippen LogP contribution in [0.3, 0.4) is 0 Å². The number of nitrogens with zero attached hydrogens (tertiary/aromatic N) is 1. The Morgan fingerprint density at radius 1 is 1.04 bits per heavy atom. The van der Waals surface area contributed by atoms with Gasteiger partial charge < -0.3 is 19.4 Å². The first-order valence-electron chi connectivity index (χ1n) is 8.40. The molecule has 2 aromatic rings. The van der Waals surface area contributed by atoms with Crippen LogP contribution in [0.1, 0.15) is 20.7 Å². The number of esters is 2. The number of hydrogen-bond donors (Lipinski definition) is 1. The highest BCUT2D eigenvalue weighted by molar-refractivity contribution is 5.90. The zero-order chi connectivity index (χ0) is 20.4. The summed E-state index contributed by atoms with van der Waals surface area (Å²) in [5.41, 5.74) is 0.466. The van der Waals surface area contributed by atoms with E-state index in [1.807, 2.05) is 0 Å². The molecule has 0 amide bonds. The van der Waals surface area contributed by atoms with E-state index in [0.29, 0.717) is 0 Å². The molecule has 7 nitrogen and oxygen atoms in total. The van der Waals surface area contributed by atoms with Crippen molar-refractivity contribution in [2.24, 2.45) is 5.16 Å². The number of ether oxygens (including phenoxy) is 2. The molecular weight excluding hydrogens is 369 g/mol. The van der Waals surface area contributed by atoms with E-state index in [0.717, 1.165) is 6.21 Å². The van der Waals surface area contributed by atoms with Crippen molar-refractivity contribution in [2.45, 2.75) is 18.4 Å². The summed E-state index contributed by atoms with van der Waals surface area (Å²) >= 11 is 0. The van der Waals surface area contributed by atoms with Crippen LogP contribution in [0.4, 0.5) is 4.39 Å². The van der Waals surface area contributed by atoms with Crippen molar-refractivity contribution in [2.75, 3.05) is 13.7 Å². The van der Waals surface area contributed by atoms with Gasteiger partial charge in [-0.1, -0.05) is 41.6 Å². The van der Waals surface area contributed by atoms with Crippen LogP contribution in [0.2, 0.25) is 0 Å². The number of carbonyl (C=O) groups excluding carboxylic acids is 2. The molecule has 0 saturated carbocycles. The van der Waals surface area contributed by atoms with Crippen LogP contribution in [0.5, 0.6) is 0 Å². The molecule has 2 aromatic carbocycles. The zero-order valence-electron chi connectivity index (χ0n) is 15.1. The molecule has 0 saturated heterocycles. The third kappa shape index (κ3) is 6.17. The first kappa shape index (κ1) is 21.0. The molecule has 28 heavy (non-hydrogen) atoms. The van der Waals surface area contributed by atoms with Gasteiger partial charge in [-0.25, -0.2) is 14.0 Å². The van der Waals surface area contributed by atoms with Gasteiger partial charge in [0.05, 0.1) is 17.3 Å². The number of carbonyl (C=O) groups is 2. The van der Waals surface area contributed by atoms with E-state index in [1.54, 1.807) is 36.4 Å². The Morgan fingerprint density at radius 3 is 2.11 bits per heavy atom. The maximum Gasteiger partial charge on any atom is 0.338 e. The van der Waals surface area contributed by atoms with Gasteiger partial charge in [0.2, 0.25) is 0 Å². The SMILES string of the molecule is CON=C[C@H](OC(=O)c1ccccc1)[C@H](F)[C@H](O)COC(=O)c1ccccc1. The highest BCUT2D eigenvalue weighted by Crippen LogP contribution is 2.13. The first-order valence-corrected chi connectivity index (χ1v) is 8.40. The van der Waals surface area contributed by atoms with Crippen LogP contribution in [0.25, 0.3) is 0 Å². The van der Waals surface area contributed by atoms with Gasteiger partial charge in [-0.2, -0.15) is 0 Å². The summed E-state index contributed by atoms with van der Waals surface area (Å²) in [7, 11) is 1.23. The minimum absolute atomic E-state index is 0.204. The van der Waals surface area contributed by atoms with Gasteiger partial charge in [-0.3, -0.25) is 0 Å². The Bertz CT molecular complexity index is 784. The molecule has 0 unspecified atom stereocenters. The number of aliphatic hydroxyl groups is 1. The maximum absolute atomic E-state index is 14.6. The van der Waals surface area contributed by atoms with Crippen molar-refractivity contribution < 1.29 is 33.4 Å². The highest BCUT2D eigenvalue weighted by Gasteiger charge is 2.32. The van der Waals surface area contributed by atoms with Crippen LogP contribution in [-0.2, 0) is 14.3 Å². The van der Waals surface area contributed by atoms with Gasteiger partial charge >= 0.3 is 11.9 Å². The lowest BCUT2D eigenvalue weighted by molar-refractivity contribution is -0.0349. The van der Waals surface area contributed by atoms with E-state index in [4.69, 9.17) is 9.47 Å². The Kier molecular flexibility index (Phi) is 8.11. The summed E-state index contributed by atoms with van der Waals surface area (Å²) in [6.45, 7) is -0.630. The van der Waals surface area contributed by atoms with Gasteiger partial charge in [0.15, 0.2) is 12.3 Å². The molecule has 0 aliphatic heterocycles. The quantitative estimate of drug-likeness (QED) is 0.402. The zero-order valence-corrected chi connectivity index (χ0v) is 15.1. The Balaban J connectivity index is 1.98. The van der Waals surface area contributed by atoms with Crippen molar-refractivity contribution in [1.82, 2.24) is 0 Å². The fraction of sp³-hybridized carbons (Fsp3) is 0.250. The standard InChI is InChI=1S/C20H20FNO6/c1-26-22-12-17(28-20(25)15-10-6-3-7-11-15)18(21)16(23)13-27-19(24)14-8-4-2-5-9-14/h2-12,16-18,23H,13H2,1H3/t16-,17+,18-/m1/s1. The van der Waals surface area contributed by atoms with Gasteiger partial charge in [-0.05, 0) is 24.3 Å². The maximum atomic E-state index is 14.6. The Morgan fingerprint density at radius 2 is 1.57 bits per heavy atom. The highest BCUT2D eigenvalue weighted by atomic mass is 19.1. The molecule has 0 fully saturated rings. The monoisotopic (exact) mass is 389 g/mol. The van der Waals surface area contributed by atoms with E-state index in [9.17, 15) is 19.1 Å². The summed E-state index contributed by atoms with van der Waals surface area (Å²) in [6.07, 6.45) is -4.48. The number of halogens is 1. The number of benzene rings is 2. The second kappa shape index (κ2) is 10.8.